The normalized spacial score (nSPS) is 10.8. The minimum absolute atomic E-state index is 0.156. The quantitative estimate of drug-likeness (QED) is 0.672. The molecule has 0 saturated carbocycles. The molecule has 2 rings (SSSR count). The predicted molar refractivity (Wildman–Crippen MR) is 80.8 cm³/mol. The minimum atomic E-state index is -3.69. The molecular formula is C15H14N2O2S. The average Bonchev–Trinajstić information content (AvgIpc) is 2.41. The smallest absolute Gasteiger partial charge is 0.262 e. The van der Waals surface area contributed by atoms with Crippen LogP contribution >= 0.6 is 0 Å². The molecule has 2 aromatic rings. The fourth-order valence-electron chi connectivity index (χ4n) is 1.81. The van der Waals surface area contributed by atoms with Gasteiger partial charge in [-0.05, 0) is 42.8 Å². The molecule has 0 aliphatic heterocycles. The van der Waals surface area contributed by atoms with E-state index in [0.717, 1.165) is 0 Å². The Morgan fingerprint density at radius 3 is 2.60 bits per heavy atom. The summed E-state index contributed by atoms with van der Waals surface area (Å²) >= 11 is 0. The summed E-state index contributed by atoms with van der Waals surface area (Å²) in [6.45, 7) is 1.67. The Kier molecular flexibility index (Phi) is 3.68. The lowest BCUT2D eigenvalue weighted by Crippen LogP contribution is -2.15. The van der Waals surface area contributed by atoms with E-state index in [1.165, 1.54) is 6.07 Å². The number of sulfonamides is 1. The first-order valence-corrected chi connectivity index (χ1v) is 7.37. The third-order valence-corrected chi connectivity index (χ3v) is 4.42. The topological polar surface area (TPSA) is 72.2 Å². The minimum Gasteiger partial charge on any atom is -0.398 e. The third-order valence-electron chi connectivity index (χ3n) is 2.90. The summed E-state index contributed by atoms with van der Waals surface area (Å²) in [5.74, 6) is 2.46. The highest BCUT2D eigenvalue weighted by molar-refractivity contribution is 7.92. The summed E-state index contributed by atoms with van der Waals surface area (Å²) in [5, 5.41) is 0. The molecule has 3 N–H and O–H groups in total. The van der Waals surface area contributed by atoms with Crippen molar-refractivity contribution in [3.05, 3.63) is 53.6 Å². The molecule has 5 heteroatoms. The zero-order chi connectivity index (χ0) is 14.8. The number of nitrogens with two attached hydrogens (primary N) is 1. The molecule has 0 aliphatic carbocycles. The van der Waals surface area contributed by atoms with Crippen LogP contribution in [0.15, 0.2) is 47.4 Å². The third kappa shape index (κ3) is 2.76. The molecule has 0 saturated heterocycles. The van der Waals surface area contributed by atoms with E-state index >= 15 is 0 Å². The van der Waals surface area contributed by atoms with Crippen LogP contribution in [0, 0.1) is 19.3 Å². The van der Waals surface area contributed by atoms with E-state index in [2.05, 4.69) is 10.6 Å². The lowest BCUT2D eigenvalue weighted by atomic mass is 10.2. The molecule has 0 amide bonds. The molecule has 0 spiro atoms. The van der Waals surface area contributed by atoms with Crippen molar-refractivity contribution in [1.29, 1.82) is 0 Å². The van der Waals surface area contributed by atoms with E-state index in [1.54, 1.807) is 43.3 Å². The second-order valence-electron chi connectivity index (χ2n) is 4.30. The number of hydrogen-bond donors (Lipinski definition) is 2. The number of rotatable bonds is 3. The van der Waals surface area contributed by atoms with Gasteiger partial charge in [-0.3, -0.25) is 4.72 Å². The second-order valence-corrected chi connectivity index (χ2v) is 5.95. The number of benzene rings is 2. The van der Waals surface area contributed by atoms with Gasteiger partial charge in [0.2, 0.25) is 0 Å². The van der Waals surface area contributed by atoms with Crippen molar-refractivity contribution in [2.24, 2.45) is 0 Å². The zero-order valence-electron chi connectivity index (χ0n) is 10.9. The fourth-order valence-corrected chi connectivity index (χ4v) is 3.13. The first kappa shape index (κ1) is 14.0. The molecule has 0 radical (unpaired) electrons. The van der Waals surface area contributed by atoms with Gasteiger partial charge in [0.1, 0.15) is 0 Å². The van der Waals surface area contributed by atoms with Gasteiger partial charge in [0.15, 0.2) is 0 Å². The predicted octanol–water partition coefficient (Wildman–Crippen LogP) is 2.36. The van der Waals surface area contributed by atoms with Crippen LogP contribution in [0.1, 0.15) is 11.1 Å². The van der Waals surface area contributed by atoms with Gasteiger partial charge < -0.3 is 5.73 Å². The molecule has 102 valence electrons. The summed E-state index contributed by atoms with van der Waals surface area (Å²) in [4.78, 5) is 0.156. The van der Waals surface area contributed by atoms with Gasteiger partial charge >= 0.3 is 0 Å². The fraction of sp³-hybridized carbons (Fsp3) is 0.0667. The highest BCUT2D eigenvalue weighted by atomic mass is 32.2. The van der Waals surface area contributed by atoms with E-state index in [1.807, 2.05) is 0 Å². The molecule has 2 aromatic carbocycles. The number of terminal acetylenes is 1. The maximum atomic E-state index is 12.4. The van der Waals surface area contributed by atoms with E-state index in [9.17, 15) is 8.42 Å². The van der Waals surface area contributed by atoms with E-state index in [-0.39, 0.29) is 4.90 Å². The van der Waals surface area contributed by atoms with Gasteiger partial charge in [-0.2, -0.15) is 0 Å². The van der Waals surface area contributed by atoms with E-state index in [4.69, 9.17) is 12.2 Å². The number of anilines is 2. The van der Waals surface area contributed by atoms with Crippen LogP contribution in [0.3, 0.4) is 0 Å². The summed E-state index contributed by atoms with van der Waals surface area (Å²) in [7, 11) is -3.69. The molecule has 0 atom stereocenters. The van der Waals surface area contributed by atoms with Gasteiger partial charge in [-0.25, -0.2) is 8.42 Å². The van der Waals surface area contributed by atoms with Crippen molar-refractivity contribution in [3.8, 4) is 12.3 Å². The Balaban J connectivity index is 2.41. The lowest BCUT2D eigenvalue weighted by molar-refractivity contribution is 0.600. The molecule has 4 nitrogen and oxygen atoms in total. The highest BCUT2D eigenvalue weighted by Crippen LogP contribution is 2.23. The van der Waals surface area contributed by atoms with Crippen LogP contribution in [-0.4, -0.2) is 8.42 Å². The van der Waals surface area contributed by atoms with Crippen molar-refractivity contribution in [2.75, 3.05) is 10.5 Å². The Bertz CT molecular complexity index is 790. The molecule has 0 aliphatic rings. The summed E-state index contributed by atoms with van der Waals surface area (Å²) in [6, 6.07) is 11.4. The molecule has 0 aromatic heterocycles. The molecule has 0 fully saturated rings. The summed E-state index contributed by atoms with van der Waals surface area (Å²) in [5.41, 5.74) is 7.72. The van der Waals surface area contributed by atoms with Gasteiger partial charge in [-0.1, -0.05) is 18.1 Å². The molecule has 20 heavy (non-hydrogen) atoms. The van der Waals surface area contributed by atoms with Crippen molar-refractivity contribution >= 4 is 21.4 Å². The van der Waals surface area contributed by atoms with Gasteiger partial charge in [0.05, 0.1) is 10.6 Å². The summed E-state index contributed by atoms with van der Waals surface area (Å²) < 4.78 is 27.2. The SMILES string of the molecule is C#Cc1cccc(NS(=O)(=O)c2cccc(N)c2C)c1. The van der Waals surface area contributed by atoms with E-state index in [0.29, 0.717) is 22.5 Å². The van der Waals surface area contributed by atoms with Crippen LogP contribution in [0.2, 0.25) is 0 Å². The standard InChI is InChI=1S/C15H14N2O2S/c1-3-12-6-4-7-13(10-12)17-20(18,19)15-9-5-8-14(16)11(15)2/h1,4-10,17H,16H2,2H3. The van der Waals surface area contributed by atoms with Gasteiger partial charge in [-0.15, -0.1) is 6.42 Å². The van der Waals surface area contributed by atoms with Crippen molar-refractivity contribution in [1.82, 2.24) is 0 Å². The Hall–Kier alpha value is -2.45. The first-order chi connectivity index (χ1) is 9.44. The molecule has 0 unspecified atom stereocenters. The maximum absolute atomic E-state index is 12.4. The highest BCUT2D eigenvalue weighted by Gasteiger charge is 2.17. The second kappa shape index (κ2) is 5.27. The summed E-state index contributed by atoms with van der Waals surface area (Å²) in [6.07, 6.45) is 5.29. The average molecular weight is 286 g/mol. The van der Waals surface area contributed by atoms with Crippen LogP contribution in [-0.2, 0) is 10.0 Å². The molecular weight excluding hydrogens is 272 g/mol. The Morgan fingerprint density at radius 2 is 1.90 bits per heavy atom. The number of nitrogen functional groups attached to an aromatic ring is 1. The van der Waals surface area contributed by atoms with Crippen molar-refractivity contribution < 1.29 is 8.42 Å². The van der Waals surface area contributed by atoms with Crippen LogP contribution in [0.4, 0.5) is 11.4 Å². The van der Waals surface area contributed by atoms with Gasteiger partial charge in [0.25, 0.3) is 10.0 Å². The van der Waals surface area contributed by atoms with Crippen molar-refractivity contribution in [3.63, 3.8) is 0 Å². The molecule has 0 heterocycles. The monoisotopic (exact) mass is 286 g/mol. The molecule has 0 bridgehead atoms. The Labute approximate surface area is 118 Å². The van der Waals surface area contributed by atoms with Crippen LogP contribution in [0.5, 0.6) is 0 Å². The zero-order valence-corrected chi connectivity index (χ0v) is 11.7. The Morgan fingerprint density at radius 1 is 1.20 bits per heavy atom. The lowest BCUT2D eigenvalue weighted by Gasteiger charge is -2.11. The maximum Gasteiger partial charge on any atom is 0.262 e. The first-order valence-electron chi connectivity index (χ1n) is 5.88. The van der Waals surface area contributed by atoms with Gasteiger partial charge in [0, 0.05) is 11.3 Å². The van der Waals surface area contributed by atoms with Crippen LogP contribution in [0.25, 0.3) is 0 Å². The van der Waals surface area contributed by atoms with E-state index < -0.39 is 10.0 Å². The number of hydrogen-bond acceptors (Lipinski definition) is 3. The largest absolute Gasteiger partial charge is 0.398 e. The van der Waals surface area contributed by atoms with Crippen molar-refractivity contribution in [2.45, 2.75) is 11.8 Å². The number of nitrogens with one attached hydrogen (secondary N) is 1. The van der Waals surface area contributed by atoms with Crippen LogP contribution < -0.4 is 10.5 Å².